The molecule has 1 aliphatic heterocycles. The smallest absolute Gasteiger partial charge is 0.406 e. The summed E-state index contributed by atoms with van der Waals surface area (Å²) in [6, 6.07) is 13.1. The van der Waals surface area contributed by atoms with Gasteiger partial charge in [0, 0.05) is 6.04 Å². The Morgan fingerprint density at radius 2 is 1.61 bits per heavy atom. The van der Waals surface area contributed by atoms with Gasteiger partial charge in [0.2, 0.25) is 10.0 Å². The summed E-state index contributed by atoms with van der Waals surface area (Å²) in [6.07, 6.45) is -3.19. The molecule has 0 aromatic heterocycles. The Labute approximate surface area is 162 Å². The standard InChI is InChI=1S/C19H21F3N2O3S/c20-19(21,22)27-16-6-8-17(9-7-16)28(25,26)24-18(14-4-2-1-3-5-14)15-10-12-23-13-11-15/h1-9,15,18,23-24H,10-13H2. The van der Waals surface area contributed by atoms with E-state index in [2.05, 4.69) is 14.8 Å². The molecule has 2 N–H and O–H groups in total. The maximum absolute atomic E-state index is 12.9. The summed E-state index contributed by atoms with van der Waals surface area (Å²) in [4.78, 5) is -0.114. The SMILES string of the molecule is O=S(=O)(NC(c1ccccc1)C1CCNCC1)c1ccc(OC(F)(F)F)cc1. The molecular formula is C19H21F3N2O3S. The second-order valence-electron chi connectivity index (χ2n) is 6.62. The molecule has 0 spiro atoms. The molecule has 1 atom stereocenters. The fourth-order valence-corrected chi connectivity index (χ4v) is 4.62. The third-order valence-corrected chi connectivity index (χ3v) is 6.12. The molecular weight excluding hydrogens is 393 g/mol. The molecule has 1 heterocycles. The van der Waals surface area contributed by atoms with Crippen molar-refractivity contribution in [2.45, 2.75) is 30.1 Å². The minimum atomic E-state index is -4.83. The molecule has 1 fully saturated rings. The molecule has 0 bridgehead atoms. The summed E-state index contributed by atoms with van der Waals surface area (Å²) in [7, 11) is -3.92. The number of piperidine rings is 1. The van der Waals surface area contributed by atoms with Gasteiger partial charge in [-0.05, 0) is 61.7 Å². The van der Waals surface area contributed by atoms with Gasteiger partial charge < -0.3 is 10.1 Å². The van der Waals surface area contributed by atoms with Crippen molar-refractivity contribution in [1.82, 2.24) is 10.0 Å². The van der Waals surface area contributed by atoms with E-state index in [-0.39, 0.29) is 10.8 Å². The molecule has 1 unspecified atom stereocenters. The molecule has 0 saturated carbocycles. The highest BCUT2D eigenvalue weighted by Gasteiger charge is 2.32. The Hall–Kier alpha value is -2.10. The summed E-state index contributed by atoms with van der Waals surface area (Å²) in [6.45, 7) is 1.61. The van der Waals surface area contributed by atoms with Gasteiger partial charge in [0.25, 0.3) is 0 Å². The minimum absolute atomic E-state index is 0.114. The van der Waals surface area contributed by atoms with Gasteiger partial charge in [-0.1, -0.05) is 30.3 Å². The lowest BCUT2D eigenvalue weighted by molar-refractivity contribution is -0.274. The number of ether oxygens (including phenoxy) is 1. The third-order valence-electron chi connectivity index (χ3n) is 4.66. The highest BCUT2D eigenvalue weighted by molar-refractivity contribution is 7.89. The van der Waals surface area contributed by atoms with Crippen molar-refractivity contribution in [1.29, 1.82) is 0 Å². The first-order valence-electron chi connectivity index (χ1n) is 8.88. The van der Waals surface area contributed by atoms with Crippen molar-refractivity contribution in [3.8, 4) is 5.75 Å². The zero-order chi connectivity index (χ0) is 20.2. The number of benzene rings is 2. The van der Waals surface area contributed by atoms with E-state index in [9.17, 15) is 21.6 Å². The predicted molar refractivity (Wildman–Crippen MR) is 98.2 cm³/mol. The highest BCUT2D eigenvalue weighted by Crippen LogP contribution is 2.31. The van der Waals surface area contributed by atoms with Crippen LogP contribution in [0.1, 0.15) is 24.4 Å². The summed E-state index contributed by atoms with van der Waals surface area (Å²) in [5, 5.41) is 3.26. The highest BCUT2D eigenvalue weighted by atomic mass is 32.2. The number of rotatable bonds is 6. The predicted octanol–water partition coefficient (Wildman–Crippen LogP) is 3.60. The number of sulfonamides is 1. The van der Waals surface area contributed by atoms with Crippen molar-refractivity contribution in [2.75, 3.05) is 13.1 Å². The largest absolute Gasteiger partial charge is 0.573 e. The maximum atomic E-state index is 12.9. The normalized spacial score (nSPS) is 17.2. The van der Waals surface area contributed by atoms with Crippen LogP contribution in [0.2, 0.25) is 0 Å². The van der Waals surface area contributed by atoms with Crippen molar-refractivity contribution < 1.29 is 26.3 Å². The van der Waals surface area contributed by atoms with Crippen LogP contribution in [0.3, 0.4) is 0 Å². The van der Waals surface area contributed by atoms with E-state index in [4.69, 9.17) is 0 Å². The van der Waals surface area contributed by atoms with Gasteiger partial charge in [0.1, 0.15) is 5.75 Å². The molecule has 2 aromatic rings. The second-order valence-corrected chi connectivity index (χ2v) is 8.33. The Bertz CT molecular complexity index is 866. The average Bonchev–Trinajstić information content (AvgIpc) is 2.67. The first-order valence-corrected chi connectivity index (χ1v) is 10.4. The lowest BCUT2D eigenvalue weighted by Crippen LogP contribution is -2.38. The van der Waals surface area contributed by atoms with E-state index in [0.29, 0.717) is 0 Å². The van der Waals surface area contributed by atoms with Gasteiger partial charge in [-0.3, -0.25) is 0 Å². The van der Waals surface area contributed by atoms with Crippen LogP contribution in [-0.4, -0.2) is 27.9 Å². The van der Waals surface area contributed by atoms with Crippen LogP contribution < -0.4 is 14.8 Å². The van der Waals surface area contributed by atoms with Crippen LogP contribution >= 0.6 is 0 Å². The van der Waals surface area contributed by atoms with E-state index in [1.807, 2.05) is 30.3 Å². The molecule has 2 aromatic carbocycles. The number of alkyl halides is 3. The van der Waals surface area contributed by atoms with Crippen molar-refractivity contribution in [3.63, 3.8) is 0 Å². The summed E-state index contributed by atoms with van der Waals surface area (Å²) in [5.41, 5.74) is 0.856. The zero-order valence-electron chi connectivity index (χ0n) is 14.9. The number of halogens is 3. The lowest BCUT2D eigenvalue weighted by Gasteiger charge is -2.31. The third kappa shape index (κ3) is 5.46. The monoisotopic (exact) mass is 414 g/mol. The molecule has 5 nitrogen and oxygen atoms in total. The number of hydrogen-bond acceptors (Lipinski definition) is 4. The van der Waals surface area contributed by atoms with Crippen LogP contribution in [0.4, 0.5) is 13.2 Å². The number of nitrogens with one attached hydrogen (secondary N) is 2. The van der Waals surface area contributed by atoms with Crippen molar-refractivity contribution in [3.05, 3.63) is 60.2 Å². The molecule has 3 rings (SSSR count). The molecule has 9 heteroatoms. The Morgan fingerprint density at radius 3 is 2.18 bits per heavy atom. The van der Waals surface area contributed by atoms with Gasteiger partial charge in [-0.15, -0.1) is 13.2 Å². The second kappa shape index (κ2) is 8.50. The molecule has 0 amide bonds. The van der Waals surface area contributed by atoms with Gasteiger partial charge >= 0.3 is 6.36 Å². The Morgan fingerprint density at radius 1 is 1.00 bits per heavy atom. The average molecular weight is 414 g/mol. The van der Waals surface area contributed by atoms with E-state index in [1.165, 1.54) is 0 Å². The van der Waals surface area contributed by atoms with E-state index < -0.39 is 28.2 Å². The van der Waals surface area contributed by atoms with Gasteiger partial charge in [-0.25, -0.2) is 13.1 Å². The topological polar surface area (TPSA) is 67.4 Å². The summed E-state index contributed by atoms with van der Waals surface area (Å²) >= 11 is 0. The van der Waals surface area contributed by atoms with Gasteiger partial charge in [0.05, 0.1) is 4.90 Å². The van der Waals surface area contributed by atoms with E-state index >= 15 is 0 Å². The molecule has 1 saturated heterocycles. The van der Waals surface area contributed by atoms with Gasteiger partial charge in [0.15, 0.2) is 0 Å². The Balaban J connectivity index is 1.82. The zero-order valence-corrected chi connectivity index (χ0v) is 15.8. The van der Waals surface area contributed by atoms with Crippen molar-refractivity contribution >= 4 is 10.0 Å². The molecule has 1 aliphatic rings. The molecule has 152 valence electrons. The minimum Gasteiger partial charge on any atom is -0.406 e. The van der Waals surface area contributed by atoms with Crippen LogP contribution in [0.25, 0.3) is 0 Å². The first-order chi connectivity index (χ1) is 13.2. The fraction of sp³-hybridized carbons (Fsp3) is 0.368. The summed E-state index contributed by atoms with van der Waals surface area (Å²) < 4.78 is 69.1. The maximum Gasteiger partial charge on any atom is 0.573 e. The molecule has 0 radical (unpaired) electrons. The fourth-order valence-electron chi connectivity index (χ4n) is 3.33. The van der Waals surface area contributed by atoms with E-state index in [0.717, 1.165) is 55.8 Å². The van der Waals surface area contributed by atoms with Crippen LogP contribution in [0.15, 0.2) is 59.5 Å². The van der Waals surface area contributed by atoms with E-state index in [1.54, 1.807) is 0 Å². The van der Waals surface area contributed by atoms with Crippen LogP contribution in [0.5, 0.6) is 5.75 Å². The van der Waals surface area contributed by atoms with Crippen LogP contribution in [-0.2, 0) is 10.0 Å². The summed E-state index contributed by atoms with van der Waals surface area (Å²) in [5.74, 6) is -0.351. The van der Waals surface area contributed by atoms with Crippen molar-refractivity contribution in [2.24, 2.45) is 5.92 Å². The van der Waals surface area contributed by atoms with Crippen LogP contribution in [0, 0.1) is 5.92 Å². The molecule has 28 heavy (non-hydrogen) atoms. The lowest BCUT2D eigenvalue weighted by atomic mass is 9.87. The first kappa shape index (κ1) is 20.6. The quantitative estimate of drug-likeness (QED) is 0.758. The molecule has 0 aliphatic carbocycles. The Kier molecular flexibility index (Phi) is 6.26. The number of hydrogen-bond donors (Lipinski definition) is 2. The van der Waals surface area contributed by atoms with Gasteiger partial charge in [-0.2, -0.15) is 0 Å².